The summed E-state index contributed by atoms with van der Waals surface area (Å²) >= 11 is 3.55. The minimum Gasteiger partial charge on any atom is -0.495 e. The third-order valence-corrected chi connectivity index (χ3v) is 3.60. The number of rotatable bonds is 2. The van der Waals surface area contributed by atoms with E-state index in [9.17, 15) is 0 Å². The lowest BCUT2D eigenvalue weighted by Crippen LogP contribution is -2.44. The van der Waals surface area contributed by atoms with Crippen molar-refractivity contribution in [2.45, 2.75) is 6.04 Å². The van der Waals surface area contributed by atoms with Crippen LogP contribution in [0.3, 0.4) is 0 Å². The predicted octanol–water partition coefficient (Wildman–Crippen LogP) is 1.43. The second kappa shape index (κ2) is 5.12. The number of pyridine rings is 1. The third-order valence-electron chi connectivity index (χ3n) is 2.97. The van der Waals surface area contributed by atoms with Crippen LogP contribution in [-0.2, 0) is 0 Å². The van der Waals surface area contributed by atoms with E-state index in [2.05, 4.69) is 38.2 Å². The first-order valence-corrected chi connectivity index (χ1v) is 6.11. The molecule has 1 aliphatic rings. The van der Waals surface area contributed by atoms with E-state index in [4.69, 9.17) is 4.74 Å². The Bertz CT molecular complexity index is 372. The first-order valence-electron chi connectivity index (χ1n) is 5.32. The van der Waals surface area contributed by atoms with Crippen LogP contribution in [0.5, 0.6) is 5.75 Å². The van der Waals surface area contributed by atoms with Crippen LogP contribution < -0.4 is 10.1 Å². The van der Waals surface area contributed by atoms with Crippen molar-refractivity contribution in [3.63, 3.8) is 0 Å². The van der Waals surface area contributed by atoms with Crippen molar-refractivity contribution in [1.29, 1.82) is 0 Å². The lowest BCUT2D eigenvalue weighted by molar-refractivity contribution is 0.197. The van der Waals surface area contributed by atoms with E-state index in [0.717, 1.165) is 29.9 Å². The standard InChI is InChI=1S/C11H16BrN3O/c1-15-4-3-13-6-9(15)11-8(12)5-14-7-10(11)16-2/h5,7,9,13H,3-4,6H2,1-2H3. The van der Waals surface area contributed by atoms with Crippen LogP contribution in [0.25, 0.3) is 0 Å². The highest BCUT2D eigenvalue weighted by Gasteiger charge is 2.25. The van der Waals surface area contributed by atoms with E-state index < -0.39 is 0 Å². The van der Waals surface area contributed by atoms with E-state index in [1.165, 1.54) is 5.56 Å². The number of nitrogens with one attached hydrogen (secondary N) is 1. The van der Waals surface area contributed by atoms with Gasteiger partial charge in [-0.05, 0) is 23.0 Å². The molecule has 1 aliphatic heterocycles. The summed E-state index contributed by atoms with van der Waals surface area (Å²) in [6, 6.07) is 0.334. The van der Waals surface area contributed by atoms with E-state index in [1.807, 2.05) is 6.20 Å². The molecule has 1 atom stereocenters. The maximum atomic E-state index is 5.38. The van der Waals surface area contributed by atoms with Crippen molar-refractivity contribution >= 4 is 15.9 Å². The summed E-state index contributed by atoms with van der Waals surface area (Å²) in [6.07, 6.45) is 3.59. The van der Waals surface area contributed by atoms with Crippen LogP contribution in [0.2, 0.25) is 0 Å². The van der Waals surface area contributed by atoms with Crippen LogP contribution in [0.15, 0.2) is 16.9 Å². The van der Waals surface area contributed by atoms with E-state index in [-0.39, 0.29) is 0 Å². The summed E-state index contributed by atoms with van der Waals surface area (Å²) in [7, 11) is 3.82. The molecule has 0 amide bonds. The number of nitrogens with zero attached hydrogens (tertiary/aromatic N) is 2. The molecule has 1 aromatic rings. The Labute approximate surface area is 104 Å². The van der Waals surface area contributed by atoms with Crippen molar-refractivity contribution in [2.75, 3.05) is 33.8 Å². The van der Waals surface area contributed by atoms with Gasteiger partial charge in [0, 0.05) is 35.9 Å². The van der Waals surface area contributed by atoms with Gasteiger partial charge in [-0.25, -0.2) is 0 Å². The molecule has 1 saturated heterocycles. The van der Waals surface area contributed by atoms with Gasteiger partial charge >= 0.3 is 0 Å². The average molecular weight is 286 g/mol. The maximum absolute atomic E-state index is 5.38. The fourth-order valence-electron chi connectivity index (χ4n) is 2.04. The molecule has 5 heteroatoms. The summed E-state index contributed by atoms with van der Waals surface area (Å²) in [4.78, 5) is 6.46. The van der Waals surface area contributed by atoms with Gasteiger partial charge in [-0.15, -0.1) is 0 Å². The molecule has 2 heterocycles. The van der Waals surface area contributed by atoms with Crippen molar-refractivity contribution in [2.24, 2.45) is 0 Å². The number of piperazine rings is 1. The molecular weight excluding hydrogens is 270 g/mol. The van der Waals surface area contributed by atoms with Crippen LogP contribution in [0, 0.1) is 0 Å². The molecule has 0 aliphatic carbocycles. The number of aromatic nitrogens is 1. The van der Waals surface area contributed by atoms with Crippen molar-refractivity contribution < 1.29 is 4.74 Å². The predicted molar refractivity (Wildman–Crippen MR) is 66.7 cm³/mol. The van der Waals surface area contributed by atoms with Gasteiger partial charge in [0.25, 0.3) is 0 Å². The molecule has 0 aromatic carbocycles. The molecule has 0 radical (unpaired) electrons. The Balaban J connectivity index is 2.37. The van der Waals surface area contributed by atoms with Gasteiger partial charge in [0.05, 0.1) is 19.3 Å². The number of likely N-dealkylation sites (N-methyl/N-ethyl adjacent to an activating group) is 1. The smallest absolute Gasteiger partial charge is 0.143 e. The van der Waals surface area contributed by atoms with Gasteiger partial charge in [0.15, 0.2) is 0 Å². The molecule has 1 aromatic heterocycles. The Morgan fingerprint density at radius 3 is 3.06 bits per heavy atom. The van der Waals surface area contributed by atoms with Gasteiger partial charge in [0.1, 0.15) is 5.75 Å². The molecule has 4 nitrogen and oxygen atoms in total. The van der Waals surface area contributed by atoms with Crippen LogP contribution >= 0.6 is 15.9 Å². The van der Waals surface area contributed by atoms with Gasteiger partial charge in [-0.3, -0.25) is 9.88 Å². The number of ether oxygens (including phenoxy) is 1. The fourth-order valence-corrected chi connectivity index (χ4v) is 2.62. The second-order valence-corrected chi connectivity index (χ2v) is 4.79. The first kappa shape index (κ1) is 11.8. The largest absolute Gasteiger partial charge is 0.495 e. The van der Waals surface area contributed by atoms with Gasteiger partial charge in [0.2, 0.25) is 0 Å². The molecule has 16 heavy (non-hydrogen) atoms. The molecule has 1 fully saturated rings. The highest BCUT2D eigenvalue weighted by atomic mass is 79.9. The van der Waals surface area contributed by atoms with Crippen molar-refractivity contribution in [3.05, 3.63) is 22.4 Å². The summed E-state index contributed by atoms with van der Waals surface area (Å²) in [5.74, 6) is 0.843. The zero-order valence-corrected chi connectivity index (χ0v) is 11.1. The van der Waals surface area contributed by atoms with Crippen LogP contribution in [-0.4, -0.2) is 43.7 Å². The van der Waals surface area contributed by atoms with Crippen molar-refractivity contribution in [1.82, 2.24) is 15.2 Å². The Morgan fingerprint density at radius 2 is 2.38 bits per heavy atom. The van der Waals surface area contributed by atoms with Gasteiger partial charge < -0.3 is 10.1 Å². The highest BCUT2D eigenvalue weighted by molar-refractivity contribution is 9.10. The molecule has 0 spiro atoms. The third kappa shape index (κ3) is 2.21. The Hall–Kier alpha value is -0.650. The lowest BCUT2D eigenvalue weighted by atomic mass is 10.0. The monoisotopic (exact) mass is 285 g/mol. The van der Waals surface area contributed by atoms with Gasteiger partial charge in [-0.2, -0.15) is 0 Å². The summed E-state index contributed by atoms with van der Waals surface area (Å²) in [5.41, 5.74) is 1.17. The van der Waals surface area contributed by atoms with Crippen LogP contribution in [0.4, 0.5) is 0 Å². The van der Waals surface area contributed by atoms with Gasteiger partial charge in [-0.1, -0.05) is 0 Å². The molecule has 1 unspecified atom stereocenters. The maximum Gasteiger partial charge on any atom is 0.143 e. The summed E-state index contributed by atoms with van der Waals surface area (Å²) < 4.78 is 6.39. The summed E-state index contributed by atoms with van der Waals surface area (Å²) in [6.45, 7) is 3.02. The lowest BCUT2D eigenvalue weighted by Gasteiger charge is -2.34. The Morgan fingerprint density at radius 1 is 1.56 bits per heavy atom. The molecule has 1 N–H and O–H groups in total. The quantitative estimate of drug-likeness (QED) is 0.892. The minimum atomic E-state index is 0.334. The molecule has 0 saturated carbocycles. The topological polar surface area (TPSA) is 37.4 Å². The van der Waals surface area contributed by atoms with E-state index in [1.54, 1.807) is 13.3 Å². The number of hydrogen-bond donors (Lipinski definition) is 1. The Kier molecular flexibility index (Phi) is 3.78. The van der Waals surface area contributed by atoms with Crippen molar-refractivity contribution in [3.8, 4) is 5.75 Å². The zero-order chi connectivity index (χ0) is 11.5. The number of hydrogen-bond acceptors (Lipinski definition) is 4. The molecule has 0 bridgehead atoms. The minimum absolute atomic E-state index is 0.334. The number of methoxy groups -OCH3 is 1. The number of halogens is 1. The molecular formula is C11H16BrN3O. The van der Waals surface area contributed by atoms with E-state index >= 15 is 0 Å². The summed E-state index contributed by atoms with van der Waals surface area (Å²) in [5, 5.41) is 3.40. The molecule has 88 valence electrons. The van der Waals surface area contributed by atoms with E-state index in [0.29, 0.717) is 6.04 Å². The normalized spacial score (nSPS) is 22.1. The average Bonchev–Trinajstić information content (AvgIpc) is 2.30. The first-order chi connectivity index (χ1) is 7.74. The second-order valence-electron chi connectivity index (χ2n) is 3.94. The van der Waals surface area contributed by atoms with Crippen LogP contribution in [0.1, 0.15) is 11.6 Å². The molecule has 2 rings (SSSR count). The highest BCUT2D eigenvalue weighted by Crippen LogP contribution is 2.34. The zero-order valence-electron chi connectivity index (χ0n) is 9.53. The fraction of sp³-hybridized carbons (Fsp3) is 0.545. The SMILES string of the molecule is COc1cncc(Br)c1C1CNCCN1C.